The standard InChI is InChI=1S/C24H16N2O2S/c27-23-22(29-24(28)26(23)15-16-8-2-1-3-9-16)14-19-17-10-4-6-12-20(17)25-21-13-7-5-11-18(19)21/h1-14H,15H2. The van der Waals surface area contributed by atoms with E-state index in [9.17, 15) is 9.59 Å². The summed E-state index contributed by atoms with van der Waals surface area (Å²) in [5.74, 6) is -0.256. The largest absolute Gasteiger partial charge is 0.293 e. The highest BCUT2D eigenvalue weighted by Crippen LogP contribution is 2.36. The van der Waals surface area contributed by atoms with Gasteiger partial charge in [0.25, 0.3) is 11.1 Å². The minimum atomic E-state index is -0.256. The first-order chi connectivity index (χ1) is 14.2. The molecule has 0 aliphatic carbocycles. The monoisotopic (exact) mass is 396 g/mol. The predicted octanol–water partition coefficient (Wildman–Crippen LogP) is 5.62. The van der Waals surface area contributed by atoms with E-state index in [-0.39, 0.29) is 17.7 Å². The van der Waals surface area contributed by atoms with Crippen LogP contribution in [0.2, 0.25) is 0 Å². The number of imide groups is 1. The second-order valence-electron chi connectivity index (χ2n) is 6.81. The van der Waals surface area contributed by atoms with Gasteiger partial charge in [-0.1, -0.05) is 66.7 Å². The number of hydrogen-bond acceptors (Lipinski definition) is 4. The predicted molar refractivity (Wildman–Crippen MR) is 117 cm³/mol. The molecule has 5 rings (SSSR count). The molecule has 2 heterocycles. The van der Waals surface area contributed by atoms with E-state index in [0.717, 1.165) is 44.7 Å². The number of pyridine rings is 1. The summed E-state index contributed by atoms with van der Waals surface area (Å²) in [6.45, 7) is 0.278. The van der Waals surface area contributed by atoms with E-state index < -0.39 is 0 Å². The molecule has 0 saturated carbocycles. The van der Waals surface area contributed by atoms with Gasteiger partial charge in [0.1, 0.15) is 0 Å². The van der Waals surface area contributed by atoms with Crippen LogP contribution in [0.25, 0.3) is 27.9 Å². The lowest BCUT2D eigenvalue weighted by Gasteiger charge is -2.12. The van der Waals surface area contributed by atoms with Crippen molar-refractivity contribution in [2.45, 2.75) is 6.54 Å². The Morgan fingerprint density at radius 3 is 2.03 bits per heavy atom. The summed E-state index contributed by atoms with van der Waals surface area (Å²) in [7, 11) is 0. The van der Waals surface area contributed by atoms with Crippen molar-refractivity contribution in [1.29, 1.82) is 0 Å². The number of carbonyl (C=O) groups is 2. The van der Waals surface area contributed by atoms with Gasteiger partial charge in [0.15, 0.2) is 0 Å². The van der Waals surface area contributed by atoms with Gasteiger partial charge in [-0.2, -0.15) is 0 Å². The van der Waals surface area contributed by atoms with Crippen molar-refractivity contribution < 1.29 is 9.59 Å². The van der Waals surface area contributed by atoms with Crippen molar-refractivity contribution in [3.8, 4) is 0 Å². The molecule has 140 valence electrons. The molecule has 1 aliphatic rings. The summed E-state index contributed by atoms with van der Waals surface area (Å²) in [6, 6.07) is 25.3. The molecule has 4 aromatic rings. The molecule has 0 unspecified atom stereocenters. The molecule has 1 aromatic heterocycles. The normalized spacial score (nSPS) is 15.7. The van der Waals surface area contributed by atoms with Crippen molar-refractivity contribution in [3.05, 3.63) is 94.9 Å². The number of thioether (sulfide) groups is 1. The average Bonchev–Trinajstić information content (AvgIpc) is 3.02. The maximum Gasteiger partial charge on any atom is 0.293 e. The van der Waals surface area contributed by atoms with Crippen LogP contribution in [-0.4, -0.2) is 21.0 Å². The smallest absolute Gasteiger partial charge is 0.268 e. The summed E-state index contributed by atoms with van der Waals surface area (Å²) >= 11 is 0.991. The lowest BCUT2D eigenvalue weighted by atomic mass is 10.0. The molecular weight excluding hydrogens is 380 g/mol. The Balaban J connectivity index is 1.61. The molecule has 1 fully saturated rings. The van der Waals surface area contributed by atoms with Crippen LogP contribution in [0.1, 0.15) is 11.1 Å². The maximum atomic E-state index is 13.0. The Kier molecular flexibility index (Phi) is 4.37. The summed E-state index contributed by atoms with van der Waals surface area (Å²) in [5, 5.41) is 1.68. The zero-order valence-corrected chi connectivity index (χ0v) is 16.2. The topological polar surface area (TPSA) is 50.3 Å². The van der Waals surface area contributed by atoms with Gasteiger partial charge in [-0.05, 0) is 41.1 Å². The van der Waals surface area contributed by atoms with Gasteiger partial charge in [-0.15, -0.1) is 0 Å². The summed E-state index contributed by atoms with van der Waals surface area (Å²) in [6.07, 6.45) is 1.84. The highest BCUT2D eigenvalue weighted by atomic mass is 32.2. The number of rotatable bonds is 3. The summed E-state index contributed by atoms with van der Waals surface area (Å²) < 4.78 is 0. The van der Waals surface area contributed by atoms with Crippen LogP contribution < -0.4 is 0 Å². The van der Waals surface area contributed by atoms with E-state index in [1.165, 1.54) is 4.90 Å². The molecule has 0 atom stereocenters. The number of amides is 2. The third-order valence-electron chi connectivity index (χ3n) is 4.96. The molecule has 0 bridgehead atoms. The lowest BCUT2D eigenvalue weighted by molar-refractivity contribution is -0.123. The van der Waals surface area contributed by atoms with Crippen LogP contribution in [0.3, 0.4) is 0 Å². The minimum absolute atomic E-state index is 0.243. The minimum Gasteiger partial charge on any atom is -0.268 e. The fourth-order valence-electron chi connectivity index (χ4n) is 3.56. The Bertz CT molecular complexity index is 1240. The number of carbonyl (C=O) groups excluding carboxylic acids is 2. The summed E-state index contributed by atoms with van der Waals surface area (Å²) in [4.78, 5) is 32.0. The molecular formula is C24H16N2O2S. The van der Waals surface area contributed by atoms with Gasteiger partial charge in [0, 0.05) is 10.8 Å². The third-order valence-corrected chi connectivity index (χ3v) is 5.87. The third kappa shape index (κ3) is 3.19. The van der Waals surface area contributed by atoms with Gasteiger partial charge in [-0.25, -0.2) is 4.98 Å². The highest BCUT2D eigenvalue weighted by Gasteiger charge is 2.35. The first kappa shape index (κ1) is 17.6. The summed E-state index contributed by atoms with van der Waals surface area (Å²) in [5.41, 5.74) is 3.56. The number of nitrogens with zero attached hydrogens (tertiary/aromatic N) is 2. The second kappa shape index (κ2) is 7.18. The van der Waals surface area contributed by atoms with Crippen molar-refractivity contribution in [2.24, 2.45) is 0 Å². The van der Waals surface area contributed by atoms with Crippen molar-refractivity contribution in [3.63, 3.8) is 0 Å². The van der Waals surface area contributed by atoms with Crippen LogP contribution in [-0.2, 0) is 11.3 Å². The van der Waals surface area contributed by atoms with E-state index in [1.807, 2.05) is 84.9 Å². The van der Waals surface area contributed by atoms with Crippen LogP contribution in [0, 0.1) is 0 Å². The van der Waals surface area contributed by atoms with Crippen LogP contribution >= 0.6 is 11.8 Å². The van der Waals surface area contributed by atoms with Gasteiger partial charge >= 0.3 is 0 Å². The van der Waals surface area contributed by atoms with Crippen LogP contribution in [0.5, 0.6) is 0 Å². The second-order valence-corrected chi connectivity index (χ2v) is 7.81. The van der Waals surface area contributed by atoms with E-state index in [1.54, 1.807) is 0 Å². The Morgan fingerprint density at radius 2 is 1.38 bits per heavy atom. The van der Waals surface area contributed by atoms with Crippen molar-refractivity contribution in [1.82, 2.24) is 9.88 Å². The lowest BCUT2D eigenvalue weighted by Crippen LogP contribution is -2.27. The first-order valence-corrected chi connectivity index (χ1v) is 10.1. The molecule has 4 nitrogen and oxygen atoms in total. The fraction of sp³-hybridized carbons (Fsp3) is 0.0417. The molecule has 0 N–H and O–H groups in total. The first-order valence-electron chi connectivity index (χ1n) is 9.27. The number of hydrogen-bond donors (Lipinski definition) is 0. The molecule has 1 saturated heterocycles. The SMILES string of the molecule is O=C1SC(=Cc2c3ccccc3nc3ccccc23)C(=O)N1Cc1ccccc1. The van der Waals surface area contributed by atoms with Crippen LogP contribution in [0.4, 0.5) is 4.79 Å². The number of para-hydroxylation sites is 2. The van der Waals surface area contributed by atoms with Gasteiger partial charge in [0.05, 0.1) is 22.5 Å². The molecule has 29 heavy (non-hydrogen) atoms. The van der Waals surface area contributed by atoms with Gasteiger partial charge in [-0.3, -0.25) is 14.5 Å². The van der Waals surface area contributed by atoms with Gasteiger partial charge < -0.3 is 0 Å². The average molecular weight is 396 g/mol. The van der Waals surface area contributed by atoms with Crippen molar-refractivity contribution >= 4 is 50.8 Å². The Morgan fingerprint density at radius 1 is 0.793 bits per heavy atom. The van der Waals surface area contributed by atoms with Crippen LogP contribution in [0.15, 0.2) is 83.8 Å². The molecule has 0 spiro atoms. The van der Waals surface area contributed by atoms with E-state index in [4.69, 9.17) is 4.98 Å². The Labute approximate surface area is 171 Å². The number of aromatic nitrogens is 1. The molecule has 5 heteroatoms. The Hall–Kier alpha value is -3.44. The maximum absolute atomic E-state index is 13.0. The van der Waals surface area contributed by atoms with E-state index in [0.29, 0.717) is 4.91 Å². The molecule has 1 aliphatic heterocycles. The molecule has 2 amide bonds. The molecule has 3 aromatic carbocycles. The van der Waals surface area contributed by atoms with Gasteiger partial charge in [0.2, 0.25) is 0 Å². The number of fused-ring (bicyclic) bond motifs is 2. The highest BCUT2D eigenvalue weighted by molar-refractivity contribution is 8.18. The molecule has 0 radical (unpaired) electrons. The quantitative estimate of drug-likeness (QED) is 0.333. The number of benzene rings is 3. The van der Waals surface area contributed by atoms with Crippen molar-refractivity contribution in [2.75, 3.05) is 0 Å². The van der Waals surface area contributed by atoms with E-state index in [2.05, 4.69) is 0 Å². The zero-order chi connectivity index (χ0) is 19.8. The zero-order valence-electron chi connectivity index (χ0n) is 15.4. The van der Waals surface area contributed by atoms with E-state index >= 15 is 0 Å². The fourth-order valence-corrected chi connectivity index (χ4v) is 4.38.